The van der Waals surface area contributed by atoms with E-state index in [4.69, 9.17) is 21.6 Å². The molecule has 9 heteroatoms. The number of benzene rings is 1. The molecule has 0 bridgehead atoms. The lowest BCUT2D eigenvalue weighted by Gasteiger charge is -2.48. The van der Waals surface area contributed by atoms with Crippen molar-refractivity contribution in [2.75, 3.05) is 31.1 Å². The number of aromatic nitrogens is 2. The van der Waals surface area contributed by atoms with Crippen molar-refractivity contribution in [1.29, 1.82) is 5.26 Å². The molecule has 178 valence electrons. The maximum Gasteiger partial charge on any atom is 0.272 e. The second-order valence-corrected chi connectivity index (χ2v) is 10.1. The molecule has 8 nitrogen and oxygen atoms in total. The number of carbonyl (C=O) groups excluding carboxylic acids is 1. The fraction of sp³-hybridized carbons (Fsp3) is 0.520. The average Bonchev–Trinajstić information content (AvgIpc) is 2.84. The van der Waals surface area contributed by atoms with Crippen LogP contribution in [0.25, 0.3) is 0 Å². The van der Waals surface area contributed by atoms with Gasteiger partial charge in [0.25, 0.3) is 5.91 Å². The quantitative estimate of drug-likeness (QED) is 0.676. The minimum Gasteiger partial charge on any atom is -0.490 e. The maximum absolute atomic E-state index is 12.7. The van der Waals surface area contributed by atoms with E-state index in [9.17, 15) is 4.79 Å². The predicted octanol–water partition coefficient (Wildman–Crippen LogP) is 3.31. The number of halogens is 1. The van der Waals surface area contributed by atoms with Gasteiger partial charge in [0.05, 0.1) is 16.7 Å². The highest BCUT2D eigenvalue weighted by molar-refractivity contribution is 6.31. The summed E-state index contributed by atoms with van der Waals surface area (Å²) in [5.41, 5.74) is 1.28. The molecule has 0 atom stereocenters. The Kier molecular flexibility index (Phi) is 6.57. The van der Waals surface area contributed by atoms with Crippen LogP contribution >= 0.6 is 11.6 Å². The van der Waals surface area contributed by atoms with Gasteiger partial charge in [-0.15, -0.1) is 10.2 Å². The molecule has 1 amide bonds. The van der Waals surface area contributed by atoms with Crippen LogP contribution in [0.5, 0.6) is 5.75 Å². The number of nitrogens with zero attached hydrogens (tertiary/aromatic N) is 4. The molecule has 1 spiro atoms. The van der Waals surface area contributed by atoms with Crippen molar-refractivity contribution in [3.05, 3.63) is 46.6 Å². The van der Waals surface area contributed by atoms with Crippen LogP contribution < -0.4 is 20.3 Å². The van der Waals surface area contributed by atoms with Crippen molar-refractivity contribution in [2.24, 2.45) is 5.41 Å². The third-order valence-corrected chi connectivity index (χ3v) is 7.72. The fourth-order valence-electron chi connectivity index (χ4n) is 5.09. The Balaban J connectivity index is 1.08. The van der Waals surface area contributed by atoms with Gasteiger partial charge < -0.3 is 20.3 Å². The Morgan fingerprint density at radius 3 is 2.50 bits per heavy atom. The molecule has 3 fully saturated rings. The molecule has 5 rings (SSSR count). The molecule has 3 heterocycles. The molecular formula is C25H29ClN6O2. The van der Waals surface area contributed by atoms with Gasteiger partial charge in [0.1, 0.15) is 11.8 Å². The third-order valence-electron chi connectivity index (χ3n) is 7.40. The molecule has 1 aromatic heterocycles. The van der Waals surface area contributed by atoms with E-state index in [2.05, 4.69) is 25.7 Å². The van der Waals surface area contributed by atoms with E-state index in [0.29, 0.717) is 27.4 Å². The predicted molar refractivity (Wildman–Crippen MR) is 129 cm³/mol. The second kappa shape index (κ2) is 9.77. The molecule has 34 heavy (non-hydrogen) atoms. The standard InChI is InChI=1S/C25H29ClN6O2/c26-21-13-20(4-1-17(21)14-27)34-19-5-2-18(3-6-19)29-24(33)22-7-8-23(31-30-22)32-11-9-25(10-12-32)15-28-16-25/h1,4,7-8,13,18-19,28H,2-3,5-6,9-12,15-16H2,(H,29,33)/t18-,19-. The van der Waals surface area contributed by atoms with Crippen molar-refractivity contribution in [1.82, 2.24) is 20.8 Å². The van der Waals surface area contributed by atoms with Crippen molar-refractivity contribution in [3.63, 3.8) is 0 Å². The fourth-order valence-corrected chi connectivity index (χ4v) is 5.31. The number of ether oxygens (including phenoxy) is 1. The smallest absolute Gasteiger partial charge is 0.272 e. The highest BCUT2D eigenvalue weighted by Crippen LogP contribution is 2.36. The van der Waals surface area contributed by atoms with Gasteiger partial charge in [0, 0.05) is 38.3 Å². The zero-order valence-electron chi connectivity index (χ0n) is 19.1. The lowest BCUT2D eigenvalue weighted by molar-refractivity contribution is 0.0888. The molecule has 2 N–H and O–H groups in total. The molecule has 3 aliphatic rings. The van der Waals surface area contributed by atoms with Crippen molar-refractivity contribution in [3.8, 4) is 11.8 Å². The van der Waals surface area contributed by atoms with Crippen molar-refractivity contribution >= 4 is 23.3 Å². The number of nitrogens with one attached hydrogen (secondary N) is 2. The average molecular weight is 481 g/mol. The maximum atomic E-state index is 12.7. The highest BCUT2D eigenvalue weighted by Gasteiger charge is 2.39. The number of anilines is 1. The van der Waals surface area contributed by atoms with Crippen LogP contribution in [0.2, 0.25) is 5.02 Å². The monoisotopic (exact) mass is 480 g/mol. The summed E-state index contributed by atoms with van der Waals surface area (Å²) >= 11 is 6.09. The van der Waals surface area contributed by atoms with Gasteiger partial charge in [0.2, 0.25) is 0 Å². The highest BCUT2D eigenvalue weighted by atomic mass is 35.5. The number of hydrogen-bond donors (Lipinski definition) is 2. The molecular weight excluding hydrogens is 452 g/mol. The van der Waals surface area contributed by atoms with Crippen LogP contribution in [0, 0.1) is 16.7 Å². The zero-order valence-corrected chi connectivity index (χ0v) is 19.9. The summed E-state index contributed by atoms with van der Waals surface area (Å²) in [7, 11) is 0. The van der Waals surface area contributed by atoms with Crippen LogP contribution in [-0.2, 0) is 0 Å². The summed E-state index contributed by atoms with van der Waals surface area (Å²) < 4.78 is 6.03. The number of rotatable bonds is 5. The molecule has 0 radical (unpaired) electrons. The van der Waals surface area contributed by atoms with Crippen LogP contribution in [-0.4, -0.2) is 54.4 Å². The lowest BCUT2D eigenvalue weighted by Crippen LogP contribution is -2.58. The summed E-state index contributed by atoms with van der Waals surface area (Å²) in [6, 6.07) is 10.9. The topological polar surface area (TPSA) is 103 Å². The number of nitriles is 1. The van der Waals surface area contributed by atoms with Gasteiger partial charge in [-0.3, -0.25) is 4.79 Å². The van der Waals surface area contributed by atoms with Crippen LogP contribution in [0.15, 0.2) is 30.3 Å². The van der Waals surface area contributed by atoms with Gasteiger partial charge in [-0.05, 0) is 68.2 Å². The minimum absolute atomic E-state index is 0.0654. The third kappa shape index (κ3) is 4.96. The van der Waals surface area contributed by atoms with Crippen LogP contribution in [0.1, 0.15) is 54.6 Å². The first-order valence-corrected chi connectivity index (χ1v) is 12.4. The molecule has 2 aromatic rings. The van der Waals surface area contributed by atoms with E-state index in [-0.39, 0.29) is 18.1 Å². The number of carbonyl (C=O) groups is 1. The van der Waals surface area contributed by atoms with E-state index in [0.717, 1.165) is 57.7 Å². The Labute approximate surface area is 204 Å². The SMILES string of the molecule is N#Cc1ccc(O[C@H]2CC[C@H](NC(=O)c3ccc(N4CCC5(CC4)CNC5)nn3)CC2)cc1Cl. The van der Waals surface area contributed by atoms with Gasteiger partial charge in [0.15, 0.2) is 11.5 Å². The Morgan fingerprint density at radius 1 is 1.15 bits per heavy atom. The van der Waals surface area contributed by atoms with Gasteiger partial charge in [-0.25, -0.2) is 0 Å². The summed E-state index contributed by atoms with van der Waals surface area (Å²) in [5.74, 6) is 1.33. The molecule has 1 aliphatic carbocycles. The number of hydrogen-bond acceptors (Lipinski definition) is 7. The Morgan fingerprint density at radius 2 is 1.91 bits per heavy atom. The van der Waals surface area contributed by atoms with E-state index in [1.165, 1.54) is 12.8 Å². The first-order valence-electron chi connectivity index (χ1n) is 12.0. The second-order valence-electron chi connectivity index (χ2n) is 9.69. The van der Waals surface area contributed by atoms with E-state index >= 15 is 0 Å². The molecule has 1 saturated carbocycles. The van der Waals surface area contributed by atoms with E-state index in [1.54, 1.807) is 24.3 Å². The summed E-state index contributed by atoms with van der Waals surface area (Å²) in [6.07, 6.45) is 5.74. The normalized spacial score (nSPS) is 23.6. The number of piperidine rings is 1. The zero-order chi connectivity index (χ0) is 23.5. The van der Waals surface area contributed by atoms with Crippen molar-refractivity contribution in [2.45, 2.75) is 50.7 Å². The van der Waals surface area contributed by atoms with Crippen LogP contribution in [0.3, 0.4) is 0 Å². The van der Waals surface area contributed by atoms with Gasteiger partial charge in [-0.2, -0.15) is 5.26 Å². The first kappa shape index (κ1) is 22.9. The van der Waals surface area contributed by atoms with E-state index < -0.39 is 0 Å². The largest absolute Gasteiger partial charge is 0.490 e. The summed E-state index contributed by atoms with van der Waals surface area (Å²) in [5, 5.41) is 24.4. The Bertz CT molecular complexity index is 1060. The van der Waals surface area contributed by atoms with Gasteiger partial charge >= 0.3 is 0 Å². The summed E-state index contributed by atoms with van der Waals surface area (Å²) in [4.78, 5) is 15.0. The first-order chi connectivity index (χ1) is 16.5. The van der Waals surface area contributed by atoms with Gasteiger partial charge in [-0.1, -0.05) is 11.6 Å². The molecule has 2 aliphatic heterocycles. The number of amides is 1. The minimum atomic E-state index is -0.180. The van der Waals surface area contributed by atoms with E-state index in [1.807, 2.05) is 12.1 Å². The lowest BCUT2D eigenvalue weighted by atomic mass is 9.73. The summed E-state index contributed by atoms with van der Waals surface area (Å²) in [6.45, 7) is 4.23. The Hall–Kier alpha value is -2.89. The molecule has 2 saturated heterocycles. The molecule has 1 aromatic carbocycles. The molecule has 0 unspecified atom stereocenters. The van der Waals surface area contributed by atoms with Crippen LogP contribution in [0.4, 0.5) is 5.82 Å². The van der Waals surface area contributed by atoms with Crippen molar-refractivity contribution < 1.29 is 9.53 Å².